The first-order valence-electron chi connectivity index (χ1n) is 9.69. The molecule has 0 unspecified atom stereocenters. The lowest BCUT2D eigenvalue weighted by Crippen LogP contribution is -2.48. The monoisotopic (exact) mass is 444 g/mol. The first-order valence-corrected chi connectivity index (χ1v) is 10.1. The van der Waals surface area contributed by atoms with Crippen molar-refractivity contribution in [2.24, 2.45) is 0 Å². The molecule has 6 nitrogen and oxygen atoms in total. The van der Waals surface area contributed by atoms with Crippen molar-refractivity contribution >= 4 is 34.2 Å². The number of hydrogen-bond acceptors (Lipinski definition) is 5. The van der Waals surface area contributed by atoms with Crippen LogP contribution in [0.5, 0.6) is 5.75 Å². The van der Waals surface area contributed by atoms with Gasteiger partial charge in [0.15, 0.2) is 5.75 Å². The molecule has 1 saturated heterocycles. The Labute approximate surface area is 182 Å². The Morgan fingerprint density at radius 1 is 1.16 bits per heavy atom. The second-order valence-corrected chi connectivity index (χ2v) is 7.52. The largest absolute Gasteiger partial charge is 0.505 e. The van der Waals surface area contributed by atoms with Crippen LogP contribution in [0.2, 0.25) is 5.02 Å². The van der Waals surface area contributed by atoms with Crippen molar-refractivity contribution in [2.75, 3.05) is 31.1 Å². The van der Waals surface area contributed by atoms with Crippen molar-refractivity contribution in [1.29, 1.82) is 0 Å². The third-order valence-electron chi connectivity index (χ3n) is 5.23. The maximum atomic E-state index is 14.3. The van der Waals surface area contributed by atoms with E-state index in [2.05, 4.69) is 9.97 Å². The fourth-order valence-corrected chi connectivity index (χ4v) is 4.03. The molecule has 160 valence electrons. The van der Waals surface area contributed by atoms with Crippen LogP contribution >= 0.6 is 11.6 Å². The van der Waals surface area contributed by atoms with Gasteiger partial charge in [0.1, 0.15) is 29.3 Å². The van der Waals surface area contributed by atoms with Gasteiger partial charge in [0.2, 0.25) is 5.91 Å². The smallest absolute Gasteiger partial charge is 0.246 e. The Hall–Kier alpha value is -3.26. The fraction of sp³-hybridized carbons (Fsp3) is 0.227. The van der Waals surface area contributed by atoms with E-state index in [1.807, 2.05) is 4.90 Å². The molecule has 1 aliphatic heterocycles. The normalized spacial score (nSPS) is 14.6. The summed E-state index contributed by atoms with van der Waals surface area (Å²) in [7, 11) is 0. The molecule has 1 amide bonds. The number of piperazine rings is 1. The number of phenols is 1. The highest BCUT2D eigenvalue weighted by atomic mass is 35.5. The zero-order valence-electron chi connectivity index (χ0n) is 16.6. The van der Waals surface area contributed by atoms with Crippen molar-refractivity contribution in [3.8, 4) is 16.9 Å². The van der Waals surface area contributed by atoms with Gasteiger partial charge in [-0.1, -0.05) is 17.7 Å². The molecular weight excluding hydrogens is 426 g/mol. The molecule has 0 bridgehead atoms. The summed E-state index contributed by atoms with van der Waals surface area (Å²) >= 11 is 6.41. The van der Waals surface area contributed by atoms with Gasteiger partial charge in [-0.15, -0.1) is 0 Å². The van der Waals surface area contributed by atoms with E-state index in [9.17, 15) is 18.7 Å². The lowest BCUT2D eigenvalue weighted by molar-refractivity contribution is -0.126. The Balaban J connectivity index is 1.73. The van der Waals surface area contributed by atoms with Crippen LogP contribution in [-0.2, 0) is 4.79 Å². The third-order valence-corrected chi connectivity index (χ3v) is 5.53. The van der Waals surface area contributed by atoms with Gasteiger partial charge >= 0.3 is 0 Å². The van der Waals surface area contributed by atoms with Gasteiger partial charge < -0.3 is 14.9 Å². The van der Waals surface area contributed by atoms with Crippen LogP contribution in [0.3, 0.4) is 0 Å². The van der Waals surface area contributed by atoms with Crippen molar-refractivity contribution in [1.82, 2.24) is 14.9 Å². The van der Waals surface area contributed by atoms with Crippen LogP contribution in [0, 0.1) is 11.6 Å². The Morgan fingerprint density at radius 2 is 1.90 bits per heavy atom. The number of halogens is 3. The van der Waals surface area contributed by atoms with E-state index in [-0.39, 0.29) is 33.3 Å². The predicted molar refractivity (Wildman–Crippen MR) is 115 cm³/mol. The lowest BCUT2D eigenvalue weighted by atomic mass is 10.0. The number of aromatic hydroxyl groups is 1. The van der Waals surface area contributed by atoms with Gasteiger partial charge in [-0.25, -0.2) is 18.7 Å². The summed E-state index contributed by atoms with van der Waals surface area (Å²) in [4.78, 5) is 24.3. The van der Waals surface area contributed by atoms with E-state index in [4.69, 9.17) is 11.6 Å². The van der Waals surface area contributed by atoms with Crippen molar-refractivity contribution in [2.45, 2.75) is 6.92 Å². The number of anilines is 1. The summed E-state index contributed by atoms with van der Waals surface area (Å²) in [5, 5.41) is 11.5. The summed E-state index contributed by atoms with van der Waals surface area (Å²) in [5.41, 5.74) is 0.223. The fourth-order valence-electron chi connectivity index (χ4n) is 3.73. The van der Waals surface area contributed by atoms with E-state index in [0.29, 0.717) is 37.4 Å². The summed E-state index contributed by atoms with van der Waals surface area (Å²) in [6.07, 6.45) is 4.55. The molecule has 9 heteroatoms. The molecule has 0 saturated carbocycles. The highest BCUT2D eigenvalue weighted by Gasteiger charge is 2.25. The third kappa shape index (κ3) is 3.90. The van der Waals surface area contributed by atoms with E-state index in [0.717, 1.165) is 12.1 Å². The van der Waals surface area contributed by atoms with Crippen LogP contribution in [0.4, 0.5) is 14.6 Å². The van der Waals surface area contributed by atoms with E-state index >= 15 is 0 Å². The SMILES string of the molecule is C/C=C/C(=O)N1CCN(c2ncnc3c(O)c(-c4ccc(F)cc4F)c(Cl)cc23)CC1. The second kappa shape index (κ2) is 8.47. The number of hydrogen-bond donors (Lipinski definition) is 1. The average molecular weight is 445 g/mol. The van der Waals surface area contributed by atoms with Gasteiger partial charge in [-0.2, -0.15) is 0 Å². The molecular formula is C22H19ClF2N4O2. The van der Waals surface area contributed by atoms with Gasteiger partial charge in [0, 0.05) is 48.8 Å². The highest BCUT2D eigenvalue weighted by molar-refractivity contribution is 6.35. The zero-order chi connectivity index (χ0) is 22.1. The van der Waals surface area contributed by atoms with E-state index < -0.39 is 11.6 Å². The average Bonchev–Trinajstić information content (AvgIpc) is 2.75. The summed E-state index contributed by atoms with van der Waals surface area (Å²) in [6.45, 7) is 3.92. The molecule has 1 aromatic heterocycles. The standard InChI is InChI=1S/C22H19ClF2N4O2/c1-2-3-18(30)28-6-8-29(9-7-28)22-15-11-16(23)19(21(31)20(15)26-12-27-22)14-5-4-13(24)10-17(14)25/h2-5,10-12,31H,6-9H2,1H3/b3-2+. The number of rotatable bonds is 3. The molecule has 1 N–H and O–H groups in total. The molecule has 31 heavy (non-hydrogen) atoms. The predicted octanol–water partition coefficient (Wildman–Crippen LogP) is 4.16. The topological polar surface area (TPSA) is 69.6 Å². The van der Waals surface area contributed by atoms with Crippen molar-refractivity contribution in [3.05, 3.63) is 59.4 Å². The Bertz CT molecular complexity index is 1190. The molecule has 1 fully saturated rings. The van der Waals surface area contributed by atoms with E-state index in [1.165, 1.54) is 18.5 Å². The van der Waals surface area contributed by atoms with Gasteiger partial charge in [-0.3, -0.25) is 4.79 Å². The number of carbonyl (C=O) groups is 1. The van der Waals surface area contributed by atoms with Crippen molar-refractivity contribution in [3.63, 3.8) is 0 Å². The number of nitrogens with zero attached hydrogens (tertiary/aromatic N) is 4. The minimum absolute atomic E-state index is 0.0259. The molecule has 0 radical (unpaired) electrons. The molecule has 0 aliphatic carbocycles. The first kappa shape index (κ1) is 21.0. The maximum Gasteiger partial charge on any atom is 0.246 e. The number of allylic oxidation sites excluding steroid dienone is 1. The number of fused-ring (bicyclic) bond motifs is 1. The minimum Gasteiger partial charge on any atom is -0.505 e. The number of carbonyl (C=O) groups excluding carboxylic acids is 1. The molecule has 2 aromatic carbocycles. The van der Waals surface area contributed by atoms with Crippen LogP contribution in [0.25, 0.3) is 22.0 Å². The zero-order valence-corrected chi connectivity index (χ0v) is 17.4. The number of benzene rings is 2. The summed E-state index contributed by atoms with van der Waals surface area (Å²) in [5.74, 6) is -1.35. The van der Waals surface area contributed by atoms with Crippen LogP contribution < -0.4 is 4.90 Å². The Morgan fingerprint density at radius 3 is 2.58 bits per heavy atom. The lowest BCUT2D eigenvalue weighted by Gasteiger charge is -2.35. The molecule has 1 aliphatic rings. The Kier molecular flexibility index (Phi) is 5.73. The summed E-state index contributed by atoms with van der Waals surface area (Å²) in [6, 6.07) is 4.62. The summed E-state index contributed by atoms with van der Waals surface area (Å²) < 4.78 is 27.6. The van der Waals surface area contributed by atoms with Gasteiger partial charge in [0.25, 0.3) is 0 Å². The second-order valence-electron chi connectivity index (χ2n) is 7.11. The molecule has 2 heterocycles. The highest BCUT2D eigenvalue weighted by Crippen LogP contribution is 2.43. The quantitative estimate of drug-likeness (QED) is 0.614. The number of phenolic OH excluding ortho intramolecular Hbond substituents is 1. The molecule has 3 aromatic rings. The molecule has 4 rings (SSSR count). The van der Waals surface area contributed by atoms with Gasteiger partial charge in [0.05, 0.1) is 5.02 Å². The van der Waals surface area contributed by atoms with Gasteiger partial charge in [-0.05, 0) is 31.2 Å². The number of amides is 1. The minimum atomic E-state index is -0.840. The van der Waals surface area contributed by atoms with Crippen molar-refractivity contribution < 1.29 is 18.7 Å². The molecule has 0 spiro atoms. The first-order chi connectivity index (χ1) is 14.9. The van der Waals surface area contributed by atoms with Crippen LogP contribution in [-0.4, -0.2) is 52.1 Å². The maximum absolute atomic E-state index is 14.3. The van der Waals surface area contributed by atoms with Crippen LogP contribution in [0.15, 0.2) is 42.7 Å². The van der Waals surface area contributed by atoms with E-state index in [1.54, 1.807) is 24.0 Å². The van der Waals surface area contributed by atoms with Crippen LogP contribution in [0.1, 0.15) is 6.92 Å². The molecule has 0 atom stereocenters. The number of aromatic nitrogens is 2.